The van der Waals surface area contributed by atoms with Crippen LogP contribution in [0, 0.1) is 5.92 Å². The summed E-state index contributed by atoms with van der Waals surface area (Å²) in [4.78, 5) is 3.10. The van der Waals surface area contributed by atoms with Crippen LogP contribution in [0.15, 0.2) is 58.3 Å². The zero-order chi connectivity index (χ0) is 17.6. The van der Waals surface area contributed by atoms with Crippen LogP contribution in [0.25, 0.3) is 0 Å². The Morgan fingerprint density at radius 2 is 1.84 bits per heavy atom. The Morgan fingerprint density at radius 3 is 2.60 bits per heavy atom. The fraction of sp³-hybridized carbons (Fsp3) is 0.400. The lowest BCUT2D eigenvalue weighted by atomic mass is 9.86. The van der Waals surface area contributed by atoms with E-state index in [4.69, 9.17) is 0 Å². The molecule has 5 heteroatoms. The summed E-state index contributed by atoms with van der Waals surface area (Å²) < 4.78 is 26.0. The van der Waals surface area contributed by atoms with E-state index in [1.807, 2.05) is 18.2 Å². The average Bonchev–Trinajstić information content (AvgIpc) is 2.77. The number of hydrogen-bond donors (Lipinski definition) is 1. The summed E-state index contributed by atoms with van der Waals surface area (Å²) in [7, 11) is -1.34. The second kappa shape index (κ2) is 6.15. The van der Waals surface area contributed by atoms with Crippen LogP contribution >= 0.6 is 0 Å². The Kier molecular flexibility index (Phi) is 4.08. The van der Waals surface area contributed by atoms with Crippen molar-refractivity contribution in [2.24, 2.45) is 5.92 Å². The van der Waals surface area contributed by atoms with Crippen LogP contribution in [0.4, 0.5) is 5.69 Å². The Bertz CT molecular complexity index is 880. The molecule has 0 amide bonds. The number of rotatable bonds is 2. The molecule has 25 heavy (non-hydrogen) atoms. The van der Waals surface area contributed by atoms with Gasteiger partial charge in [-0.25, -0.2) is 8.42 Å². The van der Waals surface area contributed by atoms with Gasteiger partial charge in [-0.3, -0.25) is 0 Å². The van der Waals surface area contributed by atoms with Crippen LogP contribution in [-0.4, -0.2) is 34.6 Å². The minimum Gasteiger partial charge on any atom is -0.370 e. The molecule has 2 aromatic rings. The van der Waals surface area contributed by atoms with E-state index in [1.165, 1.54) is 11.3 Å². The van der Waals surface area contributed by atoms with E-state index in [9.17, 15) is 8.42 Å². The second-order valence-corrected chi connectivity index (χ2v) is 9.16. The maximum absolute atomic E-state index is 13.0. The molecule has 0 saturated carbocycles. The zero-order valence-electron chi connectivity index (χ0n) is 14.6. The summed E-state index contributed by atoms with van der Waals surface area (Å²) >= 11 is 0. The first-order chi connectivity index (χ1) is 12.0. The van der Waals surface area contributed by atoms with Crippen LogP contribution in [0.2, 0.25) is 0 Å². The lowest BCUT2D eigenvalue weighted by Crippen LogP contribution is -2.38. The third-order valence-corrected chi connectivity index (χ3v) is 7.45. The van der Waals surface area contributed by atoms with Crippen LogP contribution in [0.1, 0.15) is 24.8 Å². The summed E-state index contributed by atoms with van der Waals surface area (Å²) in [5, 5.41) is 3.50. The normalized spacial score (nSPS) is 26.0. The van der Waals surface area contributed by atoms with Crippen LogP contribution in [0.3, 0.4) is 0 Å². The third-order valence-electron chi connectivity index (χ3n) is 5.68. The number of benzene rings is 2. The first kappa shape index (κ1) is 16.6. The van der Waals surface area contributed by atoms with Crippen molar-refractivity contribution in [1.82, 2.24) is 5.32 Å². The highest BCUT2D eigenvalue weighted by molar-refractivity contribution is 7.91. The van der Waals surface area contributed by atoms with E-state index in [2.05, 4.69) is 24.2 Å². The SMILES string of the molecule is CC1CNCC[C@@H]2c3cc(S(=O)(=O)c4ccccc4)ccc3N(C)[C@H]12. The summed E-state index contributed by atoms with van der Waals surface area (Å²) in [5.74, 6) is 0.912. The van der Waals surface area contributed by atoms with Crippen molar-refractivity contribution in [3.8, 4) is 0 Å². The van der Waals surface area contributed by atoms with Gasteiger partial charge in [-0.15, -0.1) is 0 Å². The van der Waals surface area contributed by atoms with Crippen molar-refractivity contribution >= 4 is 15.5 Å². The highest BCUT2D eigenvalue weighted by Crippen LogP contribution is 2.46. The van der Waals surface area contributed by atoms with Crippen LogP contribution in [-0.2, 0) is 9.84 Å². The molecule has 2 aliphatic heterocycles. The van der Waals surface area contributed by atoms with Gasteiger partial charge in [0.25, 0.3) is 0 Å². The van der Waals surface area contributed by atoms with E-state index in [1.54, 1.807) is 30.3 Å². The van der Waals surface area contributed by atoms with E-state index in [-0.39, 0.29) is 0 Å². The fourth-order valence-corrected chi connectivity index (χ4v) is 5.80. The van der Waals surface area contributed by atoms with Crippen LogP contribution < -0.4 is 10.2 Å². The predicted octanol–water partition coefficient (Wildman–Crippen LogP) is 3.05. The Labute approximate surface area is 149 Å². The Morgan fingerprint density at radius 1 is 1.08 bits per heavy atom. The van der Waals surface area contributed by atoms with E-state index < -0.39 is 9.84 Å². The molecule has 4 rings (SSSR count). The molecule has 1 N–H and O–H groups in total. The van der Waals surface area contributed by atoms with Gasteiger partial charge < -0.3 is 10.2 Å². The molecule has 3 atom stereocenters. The van der Waals surface area contributed by atoms with Crippen molar-refractivity contribution in [3.05, 3.63) is 54.1 Å². The first-order valence-electron chi connectivity index (χ1n) is 8.88. The third kappa shape index (κ3) is 2.66. The Balaban J connectivity index is 1.79. The maximum Gasteiger partial charge on any atom is 0.206 e. The molecule has 0 radical (unpaired) electrons. The first-order valence-corrected chi connectivity index (χ1v) is 10.4. The molecule has 0 spiro atoms. The molecule has 0 bridgehead atoms. The minimum atomic E-state index is -3.47. The molecule has 4 nitrogen and oxygen atoms in total. The van der Waals surface area contributed by atoms with Crippen molar-refractivity contribution < 1.29 is 8.42 Å². The number of anilines is 1. The van der Waals surface area contributed by atoms with Gasteiger partial charge >= 0.3 is 0 Å². The summed E-state index contributed by atoms with van der Waals surface area (Å²) in [6.45, 7) is 4.27. The number of hydrogen-bond acceptors (Lipinski definition) is 4. The lowest BCUT2D eigenvalue weighted by Gasteiger charge is -2.30. The van der Waals surface area contributed by atoms with Gasteiger partial charge in [0.05, 0.1) is 9.79 Å². The summed E-state index contributed by atoms with van der Waals surface area (Å²) in [6.07, 6.45) is 1.04. The molecular weight excluding hydrogens is 332 g/mol. The lowest BCUT2D eigenvalue weighted by molar-refractivity contribution is 0.417. The highest BCUT2D eigenvalue weighted by atomic mass is 32.2. The molecule has 0 aliphatic carbocycles. The molecule has 2 aliphatic rings. The number of nitrogens with zero attached hydrogens (tertiary/aromatic N) is 1. The number of sulfone groups is 1. The smallest absolute Gasteiger partial charge is 0.206 e. The average molecular weight is 356 g/mol. The minimum absolute atomic E-state index is 0.355. The van der Waals surface area contributed by atoms with Gasteiger partial charge in [0.2, 0.25) is 9.84 Å². The Hall–Kier alpha value is -1.85. The topological polar surface area (TPSA) is 49.4 Å². The van der Waals surface area contributed by atoms with Gasteiger partial charge in [-0.2, -0.15) is 0 Å². The number of fused-ring (bicyclic) bond motifs is 3. The number of nitrogens with one attached hydrogen (secondary N) is 1. The van der Waals surface area contributed by atoms with Crippen molar-refractivity contribution in [2.75, 3.05) is 25.0 Å². The van der Waals surface area contributed by atoms with E-state index in [0.717, 1.165) is 19.5 Å². The largest absolute Gasteiger partial charge is 0.370 e. The van der Waals surface area contributed by atoms with Crippen LogP contribution in [0.5, 0.6) is 0 Å². The molecule has 1 fully saturated rings. The van der Waals surface area contributed by atoms with Gasteiger partial charge in [0.15, 0.2) is 0 Å². The molecule has 132 valence electrons. The number of likely N-dealkylation sites (N-methyl/N-ethyl adjacent to an activating group) is 1. The maximum atomic E-state index is 13.0. The van der Waals surface area contributed by atoms with Gasteiger partial charge in [-0.1, -0.05) is 25.1 Å². The molecule has 2 aromatic carbocycles. The highest BCUT2D eigenvalue weighted by Gasteiger charge is 2.41. The van der Waals surface area contributed by atoms with Gasteiger partial charge in [0.1, 0.15) is 0 Å². The van der Waals surface area contributed by atoms with Gasteiger partial charge in [0, 0.05) is 24.7 Å². The van der Waals surface area contributed by atoms with E-state index in [0.29, 0.717) is 27.7 Å². The molecule has 1 saturated heterocycles. The zero-order valence-corrected chi connectivity index (χ0v) is 15.5. The summed E-state index contributed by atoms with van der Waals surface area (Å²) in [5.41, 5.74) is 2.36. The van der Waals surface area contributed by atoms with Crippen molar-refractivity contribution in [2.45, 2.75) is 35.1 Å². The van der Waals surface area contributed by atoms with E-state index >= 15 is 0 Å². The fourth-order valence-electron chi connectivity index (χ4n) is 4.48. The van der Waals surface area contributed by atoms with Crippen molar-refractivity contribution in [3.63, 3.8) is 0 Å². The predicted molar refractivity (Wildman–Crippen MR) is 99.9 cm³/mol. The molecule has 2 heterocycles. The van der Waals surface area contributed by atoms with Crippen molar-refractivity contribution in [1.29, 1.82) is 0 Å². The molecule has 1 unspecified atom stereocenters. The monoisotopic (exact) mass is 356 g/mol. The quantitative estimate of drug-likeness (QED) is 0.898. The standard InChI is InChI=1S/C20H24N2O2S/c1-14-13-21-11-10-17-18-12-16(8-9-19(18)22(2)20(14)17)25(23,24)15-6-4-3-5-7-15/h3-9,12,14,17,20-21H,10-11,13H2,1-2H3/t14?,17-,20-/m1/s1. The molecule has 0 aromatic heterocycles. The summed E-state index contributed by atoms with van der Waals surface area (Å²) in [6, 6.07) is 14.8. The molecular formula is C20H24N2O2S. The second-order valence-electron chi connectivity index (χ2n) is 7.22. The van der Waals surface area contributed by atoms with Gasteiger partial charge in [-0.05, 0) is 61.3 Å².